The Balaban J connectivity index is 0.000000637. The Hall–Kier alpha value is -1.35. The molecule has 0 aromatic carbocycles. The van der Waals surface area contributed by atoms with Gasteiger partial charge in [0, 0.05) is 31.9 Å². The van der Waals surface area contributed by atoms with E-state index in [-0.39, 0.29) is 5.56 Å². The van der Waals surface area contributed by atoms with Crippen molar-refractivity contribution in [2.75, 3.05) is 13.1 Å². The molecule has 1 saturated heterocycles. The van der Waals surface area contributed by atoms with E-state index in [1.807, 2.05) is 33.2 Å². The van der Waals surface area contributed by atoms with Gasteiger partial charge in [0.15, 0.2) is 0 Å². The standard InChI is InChI=1S/C14H18N2O.C2H6/c1-3-16-8-10-6-12(13(16)7-10)11-4-5-14(17)15(2)9-11;1-2/h4-6,9-10,13H,3,7-8H2,1-2H3;1-2H3. The van der Waals surface area contributed by atoms with Gasteiger partial charge < -0.3 is 4.57 Å². The normalized spacial score (nSPS) is 24.9. The van der Waals surface area contributed by atoms with Gasteiger partial charge in [-0.3, -0.25) is 9.69 Å². The number of nitrogens with zero attached hydrogens (tertiary/aromatic N) is 2. The fraction of sp³-hybridized carbons (Fsp3) is 0.562. The van der Waals surface area contributed by atoms with Crippen LogP contribution in [0.25, 0.3) is 5.57 Å². The van der Waals surface area contributed by atoms with E-state index in [0.717, 1.165) is 6.54 Å². The molecule has 1 aliphatic heterocycles. The van der Waals surface area contributed by atoms with E-state index < -0.39 is 0 Å². The summed E-state index contributed by atoms with van der Waals surface area (Å²) in [5.74, 6) is 0.715. The molecule has 3 heteroatoms. The SMILES string of the molecule is CC.CCN1CC2C=C(c3ccc(=O)n(C)c3)C1C2. The van der Waals surface area contributed by atoms with Crippen LogP contribution in [0.3, 0.4) is 0 Å². The molecular formula is C16H24N2O. The molecule has 1 aromatic rings. The Morgan fingerprint density at radius 2 is 2.05 bits per heavy atom. The Morgan fingerprint density at radius 3 is 2.63 bits per heavy atom. The van der Waals surface area contributed by atoms with Gasteiger partial charge in [0.05, 0.1) is 0 Å². The Morgan fingerprint density at radius 1 is 1.32 bits per heavy atom. The third-order valence-electron chi connectivity index (χ3n) is 4.04. The molecule has 0 N–H and O–H groups in total. The van der Waals surface area contributed by atoms with Gasteiger partial charge >= 0.3 is 0 Å². The summed E-state index contributed by atoms with van der Waals surface area (Å²) in [6.45, 7) is 8.54. The molecule has 2 aliphatic rings. The van der Waals surface area contributed by atoms with Crippen LogP contribution < -0.4 is 5.56 Å². The Labute approximate surface area is 115 Å². The van der Waals surface area contributed by atoms with Crippen LogP contribution in [0.15, 0.2) is 29.2 Å². The van der Waals surface area contributed by atoms with Crippen molar-refractivity contribution < 1.29 is 0 Å². The molecule has 0 amide bonds. The van der Waals surface area contributed by atoms with Crippen molar-refractivity contribution in [1.29, 1.82) is 0 Å². The van der Waals surface area contributed by atoms with E-state index in [9.17, 15) is 4.79 Å². The van der Waals surface area contributed by atoms with Crippen LogP contribution in [0, 0.1) is 5.92 Å². The van der Waals surface area contributed by atoms with E-state index in [2.05, 4.69) is 17.9 Å². The highest BCUT2D eigenvalue weighted by atomic mass is 16.1. The Kier molecular flexibility index (Phi) is 4.25. The molecule has 0 radical (unpaired) electrons. The molecule has 2 atom stereocenters. The number of likely N-dealkylation sites (tertiary alicyclic amines) is 1. The first-order chi connectivity index (χ1) is 9.19. The third-order valence-corrected chi connectivity index (χ3v) is 4.04. The molecule has 1 aromatic heterocycles. The fourth-order valence-electron chi connectivity index (χ4n) is 3.15. The molecule has 2 unspecified atom stereocenters. The number of fused-ring (bicyclic) bond motifs is 2. The minimum Gasteiger partial charge on any atom is -0.318 e. The van der Waals surface area contributed by atoms with Gasteiger partial charge in [-0.1, -0.05) is 26.8 Å². The van der Waals surface area contributed by atoms with Crippen LogP contribution in [0.2, 0.25) is 0 Å². The van der Waals surface area contributed by atoms with Gasteiger partial charge in [-0.05, 0) is 36.1 Å². The van der Waals surface area contributed by atoms with Crippen molar-refractivity contribution in [3.05, 3.63) is 40.3 Å². The first kappa shape index (κ1) is 14.1. The zero-order valence-corrected chi connectivity index (χ0v) is 12.4. The third kappa shape index (κ3) is 2.52. The number of hydrogen-bond acceptors (Lipinski definition) is 2. The quantitative estimate of drug-likeness (QED) is 0.816. The molecule has 3 rings (SSSR count). The van der Waals surface area contributed by atoms with Crippen LogP contribution in [-0.2, 0) is 7.05 Å². The minimum atomic E-state index is 0.0601. The predicted molar refractivity (Wildman–Crippen MR) is 80.2 cm³/mol. The molecule has 0 spiro atoms. The van der Waals surface area contributed by atoms with Crippen molar-refractivity contribution >= 4 is 5.57 Å². The first-order valence-corrected chi connectivity index (χ1v) is 7.32. The zero-order chi connectivity index (χ0) is 14.0. The van der Waals surface area contributed by atoms with Gasteiger partial charge in [-0.2, -0.15) is 0 Å². The highest BCUT2D eigenvalue weighted by molar-refractivity contribution is 5.72. The molecule has 104 valence electrons. The average molecular weight is 260 g/mol. The van der Waals surface area contributed by atoms with E-state index in [1.54, 1.807) is 10.6 Å². The van der Waals surface area contributed by atoms with Crippen LogP contribution in [0.5, 0.6) is 0 Å². The monoisotopic (exact) mass is 260 g/mol. The van der Waals surface area contributed by atoms with Crippen LogP contribution in [0.4, 0.5) is 0 Å². The number of aryl methyl sites for hydroxylation is 1. The van der Waals surface area contributed by atoms with Gasteiger partial charge in [-0.25, -0.2) is 0 Å². The van der Waals surface area contributed by atoms with Crippen molar-refractivity contribution in [2.24, 2.45) is 13.0 Å². The van der Waals surface area contributed by atoms with E-state index in [0.29, 0.717) is 12.0 Å². The van der Waals surface area contributed by atoms with Gasteiger partial charge in [-0.15, -0.1) is 0 Å². The van der Waals surface area contributed by atoms with Crippen molar-refractivity contribution in [1.82, 2.24) is 9.47 Å². The summed E-state index contributed by atoms with van der Waals surface area (Å²) < 4.78 is 1.67. The van der Waals surface area contributed by atoms with E-state index in [1.165, 1.54) is 24.1 Å². The summed E-state index contributed by atoms with van der Waals surface area (Å²) in [6.07, 6.45) is 5.62. The van der Waals surface area contributed by atoms with E-state index >= 15 is 0 Å². The van der Waals surface area contributed by atoms with Gasteiger partial charge in [0.1, 0.15) is 0 Å². The van der Waals surface area contributed by atoms with E-state index in [4.69, 9.17) is 0 Å². The summed E-state index contributed by atoms with van der Waals surface area (Å²) in [7, 11) is 1.82. The van der Waals surface area contributed by atoms with Crippen LogP contribution >= 0.6 is 0 Å². The molecule has 2 bridgehead atoms. The average Bonchev–Trinajstić information content (AvgIpc) is 3.03. The number of hydrogen-bond donors (Lipinski definition) is 0. The lowest BCUT2D eigenvalue weighted by Gasteiger charge is -2.27. The lowest BCUT2D eigenvalue weighted by Crippen LogP contribution is -2.32. The van der Waals surface area contributed by atoms with Crippen LogP contribution in [0.1, 0.15) is 32.8 Å². The molecule has 19 heavy (non-hydrogen) atoms. The molecular weight excluding hydrogens is 236 g/mol. The number of rotatable bonds is 2. The smallest absolute Gasteiger partial charge is 0.250 e. The molecule has 1 fully saturated rings. The second-order valence-corrected chi connectivity index (χ2v) is 5.09. The number of pyridine rings is 1. The first-order valence-electron chi connectivity index (χ1n) is 7.32. The molecule has 0 saturated carbocycles. The second kappa shape index (κ2) is 5.74. The van der Waals surface area contributed by atoms with Crippen molar-refractivity contribution in [2.45, 2.75) is 33.2 Å². The summed E-state index contributed by atoms with van der Waals surface area (Å²) in [5, 5.41) is 0. The largest absolute Gasteiger partial charge is 0.318 e. The predicted octanol–water partition coefficient (Wildman–Crippen LogP) is 2.52. The highest BCUT2D eigenvalue weighted by Gasteiger charge is 2.38. The van der Waals surface area contributed by atoms with Gasteiger partial charge in [0.2, 0.25) is 5.56 Å². The summed E-state index contributed by atoms with van der Waals surface area (Å²) in [6, 6.07) is 4.20. The maximum absolute atomic E-state index is 11.4. The topological polar surface area (TPSA) is 25.2 Å². The summed E-state index contributed by atoms with van der Waals surface area (Å²) >= 11 is 0. The second-order valence-electron chi connectivity index (χ2n) is 5.09. The van der Waals surface area contributed by atoms with Gasteiger partial charge in [0.25, 0.3) is 0 Å². The maximum atomic E-state index is 11.4. The lowest BCUT2D eigenvalue weighted by atomic mass is 10.0. The highest BCUT2D eigenvalue weighted by Crippen LogP contribution is 2.41. The lowest BCUT2D eigenvalue weighted by molar-refractivity contribution is 0.302. The fourth-order valence-corrected chi connectivity index (χ4v) is 3.15. The van der Waals surface area contributed by atoms with Crippen molar-refractivity contribution in [3.8, 4) is 0 Å². The maximum Gasteiger partial charge on any atom is 0.250 e. The number of aromatic nitrogens is 1. The zero-order valence-electron chi connectivity index (χ0n) is 12.4. The number of likely N-dealkylation sites (N-methyl/N-ethyl adjacent to an activating group) is 1. The van der Waals surface area contributed by atoms with Crippen LogP contribution in [-0.4, -0.2) is 28.6 Å². The Bertz CT molecular complexity index is 530. The summed E-state index contributed by atoms with van der Waals surface area (Å²) in [5.41, 5.74) is 2.68. The molecule has 2 heterocycles. The van der Waals surface area contributed by atoms with Crippen molar-refractivity contribution in [3.63, 3.8) is 0 Å². The summed E-state index contributed by atoms with van der Waals surface area (Å²) in [4.78, 5) is 13.9. The minimum absolute atomic E-state index is 0.0601. The molecule has 3 nitrogen and oxygen atoms in total. The molecule has 1 aliphatic carbocycles.